The monoisotopic (exact) mass is 422 g/mol. The molecule has 158 valence electrons. The molecule has 0 saturated heterocycles. The Labute approximate surface area is 168 Å². The Morgan fingerprint density at radius 3 is 2.67 bits per heavy atom. The van der Waals surface area contributed by atoms with Crippen LogP contribution in [0.5, 0.6) is 0 Å². The second kappa shape index (κ2) is 8.43. The number of aromatic nitrogens is 6. The van der Waals surface area contributed by atoms with Gasteiger partial charge >= 0.3 is 12.1 Å². The van der Waals surface area contributed by atoms with Gasteiger partial charge in [-0.1, -0.05) is 19.1 Å². The molecule has 2 aromatic heterocycles. The van der Waals surface area contributed by atoms with Crippen molar-refractivity contribution < 1.29 is 22.7 Å². The van der Waals surface area contributed by atoms with Crippen LogP contribution < -0.4 is 5.43 Å². The lowest BCUT2D eigenvalue weighted by molar-refractivity contribution is -0.137. The van der Waals surface area contributed by atoms with Crippen LogP contribution in [0.4, 0.5) is 13.2 Å². The molecule has 0 unspecified atom stereocenters. The lowest BCUT2D eigenvalue weighted by Gasteiger charge is -2.16. The number of halogens is 3. The number of hydrogen-bond donors (Lipinski definition) is 0. The van der Waals surface area contributed by atoms with Crippen molar-refractivity contribution in [3.63, 3.8) is 0 Å². The Balaban J connectivity index is 1.93. The molecule has 1 aromatic carbocycles. The second-order valence-electron chi connectivity index (χ2n) is 6.32. The summed E-state index contributed by atoms with van der Waals surface area (Å²) in [5.41, 5.74) is -2.57. The number of ether oxygens (including phenoxy) is 1. The number of alkyl halides is 3. The van der Waals surface area contributed by atoms with Crippen LogP contribution in [0, 0.1) is 6.92 Å². The van der Waals surface area contributed by atoms with Crippen molar-refractivity contribution in [1.29, 1.82) is 0 Å². The maximum absolute atomic E-state index is 13.4. The third kappa shape index (κ3) is 4.36. The van der Waals surface area contributed by atoms with Gasteiger partial charge in [0.15, 0.2) is 12.4 Å². The van der Waals surface area contributed by atoms with Gasteiger partial charge in [0.1, 0.15) is 0 Å². The molecular formula is C18H17F3N6O3. The molecule has 2 heterocycles. The summed E-state index contributed by atoms with van der Waals surface area (Å²) in [7, 11) is 0. The van der Waals surface area contributed by atoms with Crippen molar-refractivity contribution in [3.05, 3.63) is 63.3 Å². The fourth-order valence-electron chi connectivity index (χ4n) is 2.74. The number of esters is 1. The van der Waals surface area contributed by atoms with E-state index in [1.165, 1.54) is 29.8 Å². The summed E-state index contributed by atoms with van der Waals surface area (Å²) in [5, 5.41) is 14.8. The summed E-state index contributed by atoms with van der Waals surface area (Å²) in [5.74, 6) is -0.829. The Bertz CT molecular complexity index is 1120. The first kappa shape index (κ1) is 21.1. The van der Waals surface area contributed by atoms with E-state index in [0.717, 1.165) is 23.2 Å². The van der Waals surface area contributed by atoms with E-state index in [9.17, 15) is 22.8 Å². The molecule has 0 N–H and O–H groups in total. The number of benzene rings is 1. The number of carbonyl (C=O) groups excluding carboxylic acids is 1. The molecule has 9 nitrogen and oxygen atoms in total. The van der Waals surface area contributed by atoms with Crippen LogP contribution in [-0.2, 0) is 24.1 Å². The van der Waals surface area contributed by atoms with Crippen molar-refractivity contribution in [2.75, 3.05) is 0 Å². The predicted octanol–water partition coefficient (Wildman–Crippen LogP) is 2.31. The van der Waals surface area contributed by atoms with E-state index in [1.54, 1.807) is 0 Å². The smallest absolute Gasteiger partial charge is 0.418 e. The summed E-state index contributed by atoms with van der Waals surface area (Å²) in [6, 6.07) is 5.74. The minimum atomic E-state index is -4.65. The molecule has 3 aromatic rings. The van der Waals surface area contributed by atoms with E-state index in [-0.39, 0.29) is 23.8 Å². The number of para-hydroxylation sites is 1. The topological polar surface area (TPSA) is 105 Å². The van der Waals surface area contributed by atoms with Gasteiger partial charge in [0.2, 0.25) is 11.1 Å². The highest BCUT2D eigenvalue weighted by molar-refractivity contribution is 5.86. The zero-order valence-corrected chi connectivity index (χ0v) is 16.0. The summed E-state index contributed by atoms with van der Waals surface area (Å²) in [6.07, 6.45) is -3.90. The van der Waals surface area contributed by atoms with Gasteiger partial charge < -0.3 is 4.74 Å². The molecule has 0 aliphatic heterocycles. The summed E-state index contributed by atoms with van der Waals surface area (Å²) >= 11 is 0. The molecule has 30 heavy (non-hydrogen) atoms. The number of rotatable bonds is 6. The highest BCUT2D eigenvalue weighted by Gasteiger charge is 2.34. The van der Waals surface area contributed by atoms with Crippen LogP contribution in [0.1, 0.15) is 40.9 Å². The Morgan fingerprint density at radius 1 is 1.23 bits per heavy atom. The first-order chi connectivity index (χ1) is 14.2. The quantitative estimate of drug-likeness (QED) is 0.562. The average molecular weight is 422 g/mol. The largest absolute Gasteiger partial charge is 0.453 e. The van der Waals surface area contributed by atoms with Crippen molar-refractivity contribution in [1.82, 2.24) is 30.0 Å². The van der Waals surface area contributed by atoms with Gasteiger partial charge in [-0.05, 0) is 35.9 Å². The van der Waals surface area contributed by atoms with Gasteiger partial charge in [-0.2, -0.15) is 18.3 Å². The predicted molar refractivity (Wildman–Crippen MR) is 96.8 cm³/mol. The van der Waals surface area contributed by atoms with E-state index < -0.39 is 28.8 Å². The Morgan fingerprint density at radius 2 is 1.97 bits per heavy atom. The lowest BCUT2D eigenvalue weighted by atomic mass is 10.1. The molecule has 0 amide bonds. The molecule has 0 aliphatic carbocycles. The number of tetrazole rings is 1. The van der Waals surface area contributed by atoms with E-state index >= 15 is 0 Å². The van der Waals surface area contributed by atoms with Crippen LogP contribution in [-0.4, -0.2) is 36.0 Å². The zero-order chi connectivity index (χ0) is 21.9. The van der Waals surface area contributed by atoms with Gasteiger partial charge in [-0.3, -0.25) is 4.79 Å². The van der Waals surface area contributed by atoms with Crippen LogP contribution in [0.25, 0.3) is 5.69 Å². The maximum Gasteiger partial charge on any atom is 0.418 e. The van der Waals surface area contributed by atoms with Crippen molar-refractivity contribution >= 4 is 5.97 Å². The molecule has 0 atom stereocenters. The third-order valence-electron chi connectivity index (χ3n) is 4.11. The van der Waals surface area contributed by atoms with Crippen molar-refractivity contribution in [2.24, 2.45) is 0 Å². The Kier molecular flexibility index (Phi) is 5.94. The second-order valence-corrected chi connectivity index (χ2v) is 6.32. The highest BCUT2D eigenvalue weighted by atomic mass is 19.4. The van der Waals surface area contributed by atoms with Gasteiger partial charge in [0.05, 0.1) is 11.3 Å². The van der Waals surface area contributed by atoms with Crippen molar-refractivity contribution in [2.45, 2.75) is 39.6 Å². The average Bonchev–Trinajstić information content (AvgIpc) is 3.13. The highest BCUT2D eigenvalue weighted by Crippen LogP contribution is 2.33. The molecule has 0 spiro atoms. The first-order valence-electron chi connectivity index (χ1n) is 8.92. The van der Waals surface area contributed by atoms with Crippen molar-refractivity contribution in [3.8, 4) is 5.69 Å². The number of carbonyl (C=O) groups is 1. The molecule has 12 heteroatoms. The first-order valence-corrected chi connectivity index (χ1v) is 8.92. The van der Waals surface area contributed by atoms with Crippen LogP contribution in [0.15, 0.2) is 35.1 Å². The minimum Gasteiger partial charge on any atom is -0.453 e. The molecule has 3 rings (SSSR count). The van der Waals surface area contributed by atoms with Gasteiger partial charge in [-0.25, -0.2) is 14.2 Å². The normalized spacial score (nSPS) is 11.5. The molecule has 0 fully saturated rings. The fourth-order valence-corrected chi connectivity index (χ4v) is 2.74. The SMILES string of the molecule is CCCn1nnnc1COC(=O)c1nn(-c2ccccc2C(F)(F)F)c(C)cc1=O. The third-order valence-corrected chi connectivity index (χ3v) is 4.11. The molecule has 0 saturated carbocycles. The summed E-state index contributed by atoms with van der Waals surface area (Å²) in [4.78, 5) is 24.6. The van der Waals surface area contributed by atoms with E-state index in [0.29, 0.717) is 6.54 Å². The fraction of sp³-hybridized carbons (Fsp3) is 0.333. The van der Waals surface area contributed by atoms with E-state index in [2.05, 4.69) is 20.6 Å². The van der Waals surface area contributed by atoms with E-state index in [1.807, 2.05) is 6.92 Å². The van der Waals surface area contributed by atoms with Crippen LogP contribution >= 0.6 is 0 Å². The zero-order valence-electron chi connectivity index (χ0n) is 16.0. The Hall–Kier alpha value is -3.57. The standard InChI is InChI=1S/C18H17F3N6O3/c1-3-8-26-15(22-24-25-26)10-30-17(29)16-14(28)9-11(2)27(23-16)13-7-5-4-6-12(13)18(19,20)21/h4-7,9H,3,8,10H2,1-2H3. The summed E-state index contributed by atoms with van der Waals surface area (Å²) in [6.45, 7) is 3.51. The van der Waals surface area contributed by atoms with Gasteiger partial charge in [-0.15, -0.1) is 5.10 Å². The van der Waals surface area contributed by atoms with Gasteiger partial charge in [0.25, 0.3) is 0 Å². The van der Waals surface area contributed by atoms with Crippen LogP contribution in [0.3, 0.4) is 0 Å². The number of hydrogen-bond acceptors (Lipinski definition) is 7. The molecular weight excluding hydrogens is 405 g/mol. The summed E-state index contributed by atoms with van der Waals surface area (Å²) < 4.78 is 47.5. The minimum absolute atomic E-state index is 0.125. The molecule has 0 bridgehead atoms. The molecule has 0 radical (unpaired) electrons. The van der Waals surface area contributed by atoms with Crippen LogP contribution in [0.2, 0.25) is 0 Å². The maximum atomic E-state index is 13.4. The lowest BCUT2D eigenvalue weighted by Crippen LogP contribution is -2.25. The number of aryl methyl sites for hydroxylation is 2. The number of nitrogens with zero attached hydrogens (tertiary/aromatic N) is 6. The van der Waals surface area contributed by atoms with Gasteiger partial charge in [0, 0.05) is 18.3 Å². The van der Waals surface area contributed by atoms with E-state index in [4.69, 9.17) is 4.74 Å². The molecule has 0 aliphatic rings.